The molecule has 16 heavy (non-hydrogen) atoms. The third-order valence-corrected chi connectivity index (χ3v) is 3.43. The Balaban J connectivity index is 2.26. The highest BCUT2D eigenvalue weighted by Gasteiger charge is 2.17. The van der Waals surface area contributed by atoms with E-state index in [9.17, 15) is 0 Å². The second kappa shape index (κ2) is 7.25. The fraction of sp³-hybridized carbons (Fsp3) is 1.00. The van der Waals surface area contributed by atoms with E-state index in [0.717, 1.165) is 12.6 Å². The summed E-state index contributed by atoms with van der Waals surface area (Å²) in [6.07, 6.45) is 4.00. The first-order chi connectivity index (χ1) is 7.61. The van der Waals surface area contributed by atoms with Gasteiger partial charge in [-0.2, -0.15) is 0 Å². The van der Waals surface area contributed by atoms with E-state index in [1.165, 1.54) is 38.9 Å². The van der Waals surface area contributed by atoms with Crippen molar-refractivity contribution in [1.29, 1.82) is 0 Å². The molecule has 0 aromatic carbocycles. The van der Waals surface area contributed by atoms with Gasteiger partial charge >= 0.3 is 0 Å². The van der Waals surface area contributed by atoms with E-state index in [0.29, 0.717) is 6.04 Å². The Kier molecular flexibility index (Phi) is 6.32. The molecule has 0 aliphatic carbocycles. The zero-order valence-corrected chi connectivity index (χ0v) is 11.5. The minimum atomic E-state index is 0.605. The number of hydrogen-bond acceptors (Lipinski definition) is 3. The highest BCUT2D eigenvalue weighted by Crippen LogP contribution is 2.11. The van der Waals surface area contributed by atoms with E-state index in [1.807, 2.05) is 0 Å². The second-order valence-corrected chi connectivity index (χ2v) is 5.39. The van der Waals surface area contributed by atoms with E-state index < -0.39 is 0 Å². The van der Waals surface area contributed by atoms with Gasteiger partial charge in [0, 0.05) is 18.6 Å². The van der Waals surface area contributed by atoms with Crippen molar-refractivity contribution in [3.63, 3.8) is 0 Å². The van der Waals surface area contributed by atoms with E-state index in [4.69, 9.17) is 0 Å². The molecule has 3 nitrogen and oxygen atoms in total. The summed E-state index contributed by atoms with van der Waals surface area (Å²) >= 11 is 0. The standard InChI is InChI=1S/C13H29N3/c1-5-16-9-6-7-13(8-10-16)14-12(2)11-15(3)4/h12-14H,5-11H2,1-4H3. The molecule has 96 valence electrons. The molecular formula is C13H29N3. The molecular weight excluding hydrogens is 198 g/mol. The van der Waals surface area contributed by atoms with Crippen LogP contribution in [0.4, 0.5) is 0 Å². The zero-order valence-electron chi connectivity index (χ0n) is 11.5. The maximum Gasteiger partial charge on any atom is 0.0169 e. The van der Waals surface area contributed by atoms with Crippen LogP contribution in [0.5, 0.6) is 0 Å². The summed E-state index contributed by atoms with van der Waals surface area (Å²) in [4.78, 5) is 4.82. The Morgan fingerprint density at radius 3 is 2.69 bits per heavy atom. The van der Waals surface area contributed by atoms with Gasteiger partial charge in [-0.25, -0.2) is 0 Å². The van der Waals surface area contributed by atoms with Gasteiger partial charge in [-0.15, -0.1) is 0 Å². The molecule has 0 saturated carbocycles. The first-order valence-corrected chi connectivity index (χ1v) is 6.75. The van der Waals surface area contributed by atoms with Crippen LogP contribution in [0.15, 0.2) is 0 Å². The van der Waals surface area contributed by atoms with Gasteiger partial charge in [-0.05, 0) is 59.9 Å². The minimum Gasteiger partial charge on any atom is -0.310 e. The van der Waals surface area contributed by atoms with Gasteiger partial charge in [0.25, 0.3) is 0 Å². The zero-order chi connectivity index (χ0) is 12.0. The fourth-order valence-electron chi connectivity index (χ4n) is 2.64. The second-order valence-electron chi connectivity index (χ2n) is 5.39. The summed E-state index contributed by atoms with van der Waals surface area (Å²) in [5.41, 5.74) is 0. The number of nitrogens with zero attached hydrogens (tertiary/aromatic N) is 2. The molecule has 0 radical (unpaired) electrons. The molecule has 1 N–H and O–H groups in total. The van der Waals surface area contributed by atoms with Gasteiger partial charge in [0.2, 0.25) is 0 Å². The van der Waals surface area contributed by atoms with Gasteiger partial charge in [0.05, 0.1) is 0 Å². The van der Waals surface area contributed by atoms with Crippen molar-refractivity contribution in [3.05, 3.63) is 0 Å². The Labute approximate surface area is 101 Å². The van der Waals surface area contributed by atoms with Gasteiger partial charge < -0.3 is 15.1 Å². The van der Waals surface area contributed by atoms with Crippen molar-refractivity contribution >= 4 is 0 Å². The molecule has 1 rings (SSSR count). The van der Waals surface area contributed by atoms with E-state index in [1.54, 1.807) is 0 Å². The predicted octanol–water partition coefficient (Wildman–Crippen LogP) is 1.40. The highest BCUT2D eigenvalue weighted by atomic mass is 15.1. The van der Waals surface area contributed by atoms with Crippen LogP contribution in [0.3, 0.4) is 0 Å². The molecule has 3 heteroatoms. The average Bonchev–Trinajstić information content (AvgIpc) is 2.41. The molecule has 0 spiro atoms. The van der Waals surface area contributed by atoms with Crippen LogP contribution in [0.2, 0.25) is 0 Å². The Morgan fingerprint density at radius 1 is 1.31 bits per heavy atom. The smallest absolute Gasteiger partial charge is 0.0169 e. The lowest BCUT2D eigenvalue weighted by atomic mass is 10.1. The molecule has 1 aliphatic heterocycles. The summed E-state index contributed by atoms with van der Waals surface area (Å²) in [7, 11) is 4.29. The maximum atomic E-state index is 3.77. The van der Waals surface area contributed by atoms with Crippen LogP contribution in [-0.4, -0.2) is 62.2 Å². The quantitative estimate of drug-likeness (QED) is 0.766. The van der Waals surface area contributed by atoms with E-state index in [2.05, 4.69) is 43.1 Å². The normalized spacial score (nSPS) is 25.7. The largest absolute Gasteiger partial charge is 0.310 e. The van der Waals surface area contributed by atoms with E-state index >= 15 is 0 Å². The number of nitrogens with one attached hydrogen (secondary N) is 1. The first kappa shape index (κ1) is 13.9. The number of hydrogen-bond donors (Lipinski definition) is 1. The molecule has 0 aromatic rings. The summed E-state index contributed by atoms with van der Waals surface area (Å²) in [5.74, 6) is 0. The third-order valence-electron chi connectivity index (χ3n) is 3.43. The van der Waals surface area contributed by atoms with Crippen LogP contribution in [0, 0.1) is 0 Å². The topological polar surface area (TPSA) is 18.5 Å². The monoisotopic (exact) mass is 227 g/mol. The number of rotatable bonds is 5. The van der Waals surface area contributed by atoms with Crippen molar-refractivity contribution in [2.75, 3.05) is 40.3 Å². The maximum absolute atomic E-state index is 3.77. The van der Waals surface area contributed by atoms with Crippen molar-refractivity contribution in [2.45, 2.75) is 45.2 Å². The third kappa shape index (κ3) is 5.28. The lowest BCUT2D eigenvalue weighted by Crippen LogP contribution is -2.42. The molecule has 1 heterocycles. The lowest BCUT2D eigenvalue weighted by molar-refractivity contribution is 0.289. The Morgan fingerprint density at radius 2 is 2.06 bits per heavy atom. The van der Waals surface area contributed by atoms with Crippen LogP contribution >= 0.6 is 0 Å². The molecule has 0 amide bonds. The molecule has 0 bridgehead atoms. The van der Waals surface area contributed by atoms with Gasteiger partial charge in [0.15, 0.2) is 0 Å². The van der Waals surface area contributed by atoms with Crippen LogP contribution < -0.4 is 5.32 Å². The Bertz CT molecular complexity index is 182. The van der Waals surface area contributed by atoms with Gasteiger partial charge in [-0.1, -0.05) is 6.92 Å². The van der Waals surface area contributed by atoms with Crippen LogP contribution in [0.25, 0.3) is 0 Å². The van der Waals surface area contributed by atoms with Gasteiger partial charge in [0.1, 0.15) is 0 Å². The minimum absolute atomic E-state index is 0.605. The average molecular weight is 227 g/mol. The summed E-state index contributed by atoms with van der Waals surface area (Å²) in [5, 5.41) is 3.77. The molecule has 1 saturated heterocycles. The van der Waals surface area contributed by atoms with Crippen LogP contribution in [0.1, 0.15) is 33.1 Å². The molecule has 2 unspecified atom stereocenters. The van der Waals surface area contributed by atoms with Crippen molar-refractivity contribution in [2.24, 2.45) is 0 Å². The highest BCUT2D eigenvalue weighted by molar-refractivity contribution is 4.77. The number of likely N-dealkylation sites (N-methyl/N-ethyl adjacent to an activating group) is 1. The van der Waals surface area contributed by atoms with Crippen molar-refractivity contribution in [1.82, 2.24) is 15.1 Å². The van der Waals surface area contributed by atoms with Gasteiger partial charge in [-0.3, -0.25) is 0 Å². The van der Waals surface area contributed by atoms with Crippen molar-refractivity contribution in [3.8, 4) is 0 Å². The van der Waals surface area contributed by atoms with E-state index in [-0.39, 0.29) is 0 Å². The fourth-order valence-corrected chi connectivity index (χ4v) is 2.64. The molecule has 1 fully saturated rings. The number of likely N-dealkylation sites (tertiary alicyclic amines) is 1. The SMILES string of the molecule is CCN1CCCC(NC(C)CN(C)C)CC1. The van der Waals surface area contributed by atoms with Crippen molar-refractivity contribution < 1.29 is 0 Å². The lowest BCUT2D eigenvalue weighted by Gasteiger charge is -2.24. The molecule has 1 aliphatic rings. The molecule has 2 atom stereocenters. The summed E-state index contributed by atoms with van der Waals surface area (Å²) in [6.45, 7) is 9.46. The molecule has 0 aromatic heterocycles. The first-order valence-electron chi connectivity index (χ1n) is 6.75. The van der Waals surface area contributed by atoms with Crippen LogP contribution in [-0.2, 0) is 0 Å². The summed E-state index contributed by atoms with van der Waals surface area (Å²) in [6, 6.07) is 1.33. The summed E-state index contributed by atoms with van der Waals surface area (Å²) < 4.78 is 0. The Hall–Kier alpha value is -0.120. The predicted molar refractivity (Wildman–Crippen MR) is 70.9 cm³/mol.